The number of amides is 2. The molecule has 0 bridgehead atoms. The van der Waals surface area contributed by atoms with Gasteiger partial charge in [0.05, 0.1) is 17.3 Å². The van der Waals surface area contributed by atoms with Gasteiger partial charge < -0.3 is 15.1 Å². The van der Waals surface area contributed by atoms with Gasteiger partial charge in [0, 0.05) is 32.7 Å². The third-order valence-electron chi connectivity index (χ3n) is 4.91. The topological polar surface area (TPSA) is 79.2 Å². The van der Waals surface area contributed by atoms with E-state index in [1.54, 1.807) is 0 Å². The Bertz CT molecular complexity index is 961. The molecule has 1 aromatic carbocycles. The summed E-state index contributed by atoms with van der Waals surface area (Å²) in [6.07, 6.45) is 2.77. The van der Waals surface area contributed by atoms with E-state index < -0.39 is 0 Å². The SMILES string of the molecule is CCCNC(=O)N1CCN(c2nc(C)nc3c2cnn3-c2ccccc2)CC1. The van der Waals surface area contributed by atoms with Crippen LogP contribution in [-0.2, 0) is 0 Å². The summed E-state index contributed by atoms with van der Waals surface area (Å²) < 4.78 is 1.85. The van der Waals surface area contributed by atoms with E-state index in [0.717, 1.165) is 42.0 Å². The number of aryl methyl sites for hydroxylation is 1. The fourth-order valence-corrected chi connectivity index (χ4v) is 3.46. The molecule has 0 radical (unpaired) electrons. The Kier molecular flexibility index (Phi) is 5.10. The van der Waals surface area contributed by atoms with Crippen LogP contribution in [0.3, 0.4) is 0 Å². The number of carbonyl (C=O) groups is 1. The Balaban J connectivity index is 1.58. The van der Waals surface area contributed by atoms with E-state index in [1.165, 1.54) is 0 Å². The number of hydrogen-bond acceptors (Lipinski definition) is 5. The normalized spacial score (nSPS) is 14.5. The van der Waals surface area contributed by atoms with Crippen molar-refractivity contribution in [2.45, 2.75) is 20.3 Å². The zero-order valence-corrected chi connectivity index (χ0v) is 16.3. The Morgan fingerprint density at radius 1 is 1.11 bits per heavy atom. The first-order valence-corrected chi connectivity index (χ1v) is 9.73. The third-order valence-corrected chi connectivity index (χ3v) is 4.91. The Labute approximate surface area is 164 Å². The van der Waals surface area contributed by atoms with Crippen molar-refractivity contribution in [3.05, 3.63) is 42.4 Å². The van der Waals surface area contributed by atoms with Crippen molar-refractivity contribution >= 4 is 22.9 Å². The molecule has 1 fully saturated rings. The van der Waals surface area contributed by atoms with Crippen LogP contribution in [0.1, 0.15) is 19.2 Å². The third kappa shape index (κ3) is 3.49. The first-order valence-electron chi connectivity index (χ1n) is 9.73. The lowest BCUT2D eigenvalue weighted by Crippen LogP contribution is -2.52. The average molecular weight is 379 g/mol. The molecule has 1 saturated heterocycles. The minimum atomic E-state index is 0.0161. The molecule has 0 saturated carbocycles. The first kappa shape index (κ1) is 18.2. The minimum Gasteiger partial charge on any atom is -0.352 e. The van der Waals surface area contributed by atoms with Crippen molar-refractivity contribution in [2.75, 3.05) is 37.6 Å². The molecule has 0 spiro atoms. The van der Waals surface area contributed by atoms with Gasteiger partial charge in [-0.1, -0.05) is 25.1 Å². The largest absolute Gasteiger partial charge is 0.352 e. The van der Waals surface area contributed by atoms with Gasteiger partial charge in [-0.15, -0.1) is 0 Å². The van der Waals surface area contributed by atoms with Gasteiger partial charge in [-0.3, -0.25) is 0 Å². The van der Waals surface area contributed by atoms with E-state index in [4.69, 9.17) is 4.98 Å². The number of aromatic nitrogens is 4. The van der Waals surface area contributed by atoms with Gasteiger partial charge in [0.2, 0.25) is 0 Å². The number of nitrogens with one attached hydrogen (secondary N) is 1. The molecule has 146 valence electrons. The highest BCUT2D eigenvalue weighted by Gasteiger charge is 2.24. The van der Waals surface area contributed by atoms with Crippen LogP contribution in [-0.4, -0.2) is 63.4 Å². The van der Waals surface area contributed by atoms with Crippen LogP contribution in [0, 0.1) is 6.92 Å². The predicted octanol–water partition coefficient (Wildman–Crippen LogP) is 2.37. The molecule has 2 amide bonds. The molecule has 0 unspecified atom stereocenters. The van der Waals surface area contributed by atoms with E-state index in [1.807, 2.05) is 53.0 Å². The van der Waals surface area contributed by atoms with Crippen molar-refractivity contribution in [1.29, 1.82) is 0 Å². The number of hydrogen-bond donors (Lipinski definition) is 1. The molecule has 0 aliphatic carbocycles. The van der Waals surface area contributed by atoms with E-state index >= 15 is 0 Å². The first-order chi connectivity index (χ1) is 13.7. The second kappa shape index (κ2) is 7.84. The van der Waals surface area contributed by atoms with Crippen molar-refractivity contribution in [2.24, 2.45) is 0 Å². The fourth-order valence-electron chi connectivity index (χ4n) is 3.46. The molecule has 3 aromatic rings. The number of benzene rings is 1. The van der Waals surface area contributed by atoms with Crippen LogP contribution < -0.4 is 10.2 Å². The molecule has 28 heavy (non-hydrogen) atoms. The quantitative estimate of drug-likeness (QED) is 0.753. The molecule has 1 N–H and O–H groups in total. The summed E-state index contributed by atoms with van der Waals surface area (Å²) >= 11 is 0. The highest BCUT2D eigenvalue weighted by molar-refractivity contribution is 5.88. The van der Waals surface area contributed by atoms with Crippen LogP contribution >= 0.6 is 0 Å². The highest BCUT2D eigenvalue weighted by atomic mass is 16.2. The minimum absolute atomic E-state index is 0.0161. The zero-order valence-electron chi connectivity index (χ0n) is 16.3. The second-order valence-electron chi connectivity index (χ2n) is 6.93. The van der Waals surface area contributed by atoms with Crippen LogP contribution in [0.2, 0.25) is 0 Å². The lowest BCUT2D eigenvalue weighted by atomic mass is 10.2. The molecule has 3 heterocycles. The summed E-state index contributed by atoms with van der Waals surface area (Å²) in [5.41, 5.74) is 1.77. The molecule has 8 heteroatoms. The lowest BCUT2D eigenvalue weighted by Gasteiger charge is -2.35. The van der Waals surface area contributed by atoms with Crippen molar-refractivity contribution in [1.82, 2.24) is 30.0 Å². The molecule has 1 aliphatic heterocycles. The molecular formula is C20H25N7O. The zero-order chi connectivity index (χ0) is 19.5. The van der Waals surface area contributed by atoms with E-state index in [-0.39, 0.29) is 6.03 Å². The van der Waals surface area contributed by atoms with Crippen molar-refractivity contribution < 1.29 is 4.79 Å². The number of nitrogens with zero attached hydrogens (tertiary/aromatic N) is 6. The van der Waals surface area contributed by atoms with Gasteiger partial charge in [0.25, 0.3) is 0 Å². The van der Waals surface area contributed by atoms with Crippen LogP contribution in [0.5, 0.6) is 0 Å². The lowest BCUT2D eigenvalue weighted by molar-refractivity contribution is 0.194. The Morgan fingerprint density at radius 3 is 2.57 bits per heavy atom. The van der Waals surface area contributed by atoms with Gasteiger partial charge in [-0.2, -0.15) is 5.10 Å². The number of carbonyl (C=O) groups excluding carboxylic acids is 1. The van der Waals surface area contributed by atoms with Crippen LogP contribution in [0.15, 0.2) is 36.5 Å². The van der Waals surface area contributed by atoms with Gasteiger partial charge in [-0.25, -0.2) is 19.4 Å². The Morgan fingerprint density at radius 2 is 1.86 bits per heavy atom. The number of para-hydroxylation sites is 1. The summed E-state index contributed by atoms with van der Waals surface area (Å²) in [7, 11) is 0. The van der Waals surface area contributed by atoms with Crippen molar-refractivity contribution in [3.8, 4) is 5.69 Å². The van der Waals surface area contributed by atoms with Crippen LogP contribution in [0.4, 0.5) is 10.6 Å². The van der Waals surface area contributed by atoms with Crippen LogP contribution in [0.25, 0.3) is 16.7 Å². The smallest absolute Gasteiger partial charge is 0.317 e. The predicted molar refractivity (Wildman–Crippen MR) is 109 cm³/mol. The van der Waals surface area contributed by atoms with Gasteiger partial charge in [0.15, 0.2) is 5.65 Å². The number of fused-ring (bicyclic) bond motifs is 1. The highest BCUT2D eigenvalue weighted by Crippen LogP contribution is 2.26. The van der Waals surface area contributed by atoms with Crippen molar-refractivity contribution in [3.63, 3.8) is 0 Å². The molecule has 4 rings (SSSR count). The average Bonchev–Trinajstić information content (AvgIpc) is 3.16. The molecule has 0 atom stereocenters. The molecule has 8 nitrogen and oxygen atoms in total. The number of rotatable bonds is 4. The maximum atomic E-state index is 12.2. The van der Waals surface area contributed by atoms with Gasteiger partial charge in [-0.05, 0) is 25.5 Å². The van der Waals surface area contributed by atoms with E-state index in [9.17, 15) is 4.79 Å². The molecule has 2 aromatic heterocycles. The Hall–Kier alpha value is -3.16. The summed E-state index contributed by atoms with van der Waals surface area (Å²) in [5, 5.41) is 8.43. The fraction of sp³-hybridized carbons (Fsp3) is 0.400. The maximum absolute atomic E-state index is 12.2. The number of urea groups is 1. The van der Waals surface area contributed by atoms with E-state index in [0.29, 0.717) is 25.5 Å². The molecule has 1 aliphatic rings. The summed E-state index contributed by atoms with van der Waals surface area (Å²) in [5.74, 6) is 1.60. The number of piperazine rings is 1. The van der Waals surface area contributed by atoms with Gasteiger partial charge in [0.1, 0.15) is 11.6 Å². The standard InChI is InChI=1S/C20H25N7O/c1-3-9-21-20(28)26-12-10-25(11-13-26)18-17-14-22-27(16-7-5-4-6-8-16)19(17)24-15(2)23-18/h4-8,14H,3,9-13H2,1-2H3,(H,21,28). The summed E-state index contributed by atoms with van der Waals surface area (Å²) in [4.78, 5) is 25.6. The number of anilines is 1. The monoisotopic (exact) mass is 379 g/mol. The second-order valence-corrected chi connectivity index (χ2v) is 6.93. The van der Waals surface area contributed by atoms with Gasteiger partial charge >= 0.3 is 6.03 Å². The summed E-state index contributed by atoms with van der Waals surface area (Å²) in [6, 6.07) is 9.99. The maximum Gasteiger partial charge on any atom is 0.317 e. The molecular weight excluding hydrogens is 354 g/mol. The van der Waals surface area contributed by atoms with E-state index in [2.05, 4.69) is 27.2 Å². The summed E-state index contributed by atoms with van der Waals surface area (Å²) in [6.45, 7) is 7.49.